The second-order valence-corrected chi connectivity index (χ2v) is 4.73. The Morgan fingerprint density at radius 1 is 1.44 bits per heavy atom. The van der Waals surface area contributed by atoms with Crippen molar-refractivity contribution in [3.05, 3.63) is 59.3 Å². The van der Waals surface area contributed by atoms with E-state index in [0.29, 0.717) is 5.92 Å². The summed E-state index contributed by atoms with van der Waals surface area (Å²) in [5.41, 5.74) is 6.33. The largest absolute Gasteiger partial charge is 0.0988 e. The summed E-state index contributed by atoms with van der Waals surface area (Å²) in [6.07, 6.45) is 7.52. The van der Waals surface area contributed by atoms with E-state index in [-0.39, 0.29) is 0 Å². The monoisotopic (exact) mass is 214 g/mol. The Morgan fingerprint density at radius 2 is 2.06 bits per heavy atom. The number of hydrogen-bond donors (Lipinski definition) is 0. The van der Waals surface area contributed by atoms with Gasteiger partial charge >= 0.3 is 0 Å². The minimum atomic E-state index is 0.654. The smallest absolute Gasteiger partial charge is 0.0201 e. The van der Waals surface area contributed by atoms with E-state index >= 15 is 0 Å². The summed E-state index contributed by atoms with van der Waals surface area (Å²) in [5, 5.41) is 0. The third-order valence-corrected chi connectivity index (χ3v) is 3.35. The molecule has 1 aliphatic rings. The van der Waals surface area contributed by atoms with Crippen LogP contribution in [-0.4, -0.2) is 0 Å². The SMILES string of the molecule is C=C/C(C)=C(/C)C(=C)C1=C(C)CC(C)C=C1. The van der Waals surface area contributed by atoms with Crippen molar-refractivity contribution >= 4 is 0 Å². The van der Waals surface area contributed by atoms with Crippen LogP contribution in [0.1, 0.15) is 34.1 Å². The highest BCUT2D eigenvalue weighted by atomic mass is 14.2. The highest BCUT2D eigenvalue weighted by molar-refractivity contribution is 5.54. The standard InChI is InChI=1S/C16H22/c1-7-12(3)14(5)15(6)16-9-8-11(2)10-13(16)4/h7-9,11H,1,6,10H2,2-5H3/b14-12-. The lowest BCUT2D eigenvalue weighted by Gasteiger charge is -2.20. The van der Waals surface area contributed by atoms with Gasteiger partial charge in [0.15, 0.2) is 0 Å². The van der Waals surface area contributed by atoms with Crippen molar-refractivity contribution < 1.29 is 0 Å². The van der Waals surface area contributed by atoms with Crippen molar-refractivity contribution in [1.82, 2.24) is 0 Å². The first kappa shape index (κ1) is 12.8. The second-order valence-electron chi connectivity index (χ2n) is 4.73. The van der Waals surface area contributed by atoms with E-state index in [1.165, 1.54) is 22.3 Å². The predicted octanol–water partition coefficient (Wildman–Crippen LogP) is 4.98. The lowest BCUT2D eigenvalue weighted by Crippen LogP contribution is -2.02. The average molecular weight is 214 g/mol. The summed E-state index contributed by atoms with van der Waals surface area (Å²) in [4.78, 5) is 0. The van der Waals surface area contributed by atoms with Gasteiger partial charge in [0.05, 0.1) is 0 Å². The molecule has 1 atom stereocenters. The van der Waals surface area contributed by atoms with Crippen molar-refractivity contribution in [2.24, 2.45) is 5.92 Å². The Hall–Kier alpha value is -1.30. The van der Waals surface area contributed by atoms with Crippen LogP contribution < -0.4 is 0 Å². The van der Waals surface area contributed by atoms with Gasteiger partial charge in [0.1, 0.15) is 0 Å². The first-order valence-corrected chi connectivity index (χ1v) is 5.84. The fourth-order valence-electron chi connectivity index (χ4n) is 2.01. The van der Waals surface area contributed by atoms with E-state index in [4.69, 9.17) is 0 Å². The fourth-order valence-corrected chi connectivity index (χ4v) is 2.01. The molecule has 0 saturated heterocycles. The molecule has 1 aliphatic carbocycles. The van der Waals surface area contributed by atoms with Gasteiger partial charge in [0, 0.05) is 0 Å². The van der Waals surface area contributed by atoms with Crippen molar-refractivity contribution in [2.45, 2.75) is 34.1 Å². The van der Waals surface area contributed by atoms with E-state index in [0.717, 1.165) is 12.0 Å². The molecule has 0 saturated carbocycles. The summed E-state index contributed by atoms with van der Waals surface area (Å²) in [6, 6.07) is 0. The molecular formula is C16H22. The molecule has 1 unspecified atom stereocenters. The number of rotatable bonds is 3. The molecule has 0 fully saturated rings. The van der Waals surface area contributed by atoms with Crippen LogP contribution in [0.15, 0.2) is 59.3 Å². The first-order valence-electron chi connectivity index (χ1n) is 5.84. The predicted molar refractivity (Wildman–Crippen MR) is 73.3 cm³/mol. The maximum absolute atomic E-state index is 4.21. The molecule has 0 nitrogen and oxygen atoms in total. The highest BCUT2D eigenvalue weighted by Crippen LogP contribution is 2.31. The van der Waals surface area contributed by atoms with Gasteiger partial charge in [-0.1, -0.05) is 43.9 Å². The summed E-state index contributed by atoms with van der Waals surface area (Å²) < 4.78 is 0. The highest BCUT2D eigenvalue weighted by Gasteiger charge is 2.13. The summed E-state index contributed by atoms with van der Waals surface area (Å²) in [7, 11) is 0. The maximum atomic E-state index is 4.21. The summed E-state index contributed by atoms with van der Waals surface area (Å²) >= 11 is 0. The van der Waals surface area contributed by atoms with E-state index < -0.39 is 0 Å². The molecule has 0 spiro atoms. The lowest BCUT2D eigenvalue weighted by molar-refractivity contribution is 0.701. The van der Waals surface area contributed by atoms with Gasteiger partial charge in [-0.05, 0) is 55.4 Å². The van der Waals surface area contributed by atoms with Gasteiger partial charge in [-0.15, -0.1) is 0 Å². The normalized spacial score (nSPS) is 21.9. The Bertz CT molecular complexity index is 400. The molecule has 0 N–H and O–H groups in total. The third kappa shape index (κ3) is 2.63. The Balaban J connectivity index is 3.05. The number of allylic oxidation sites excluding steroid dienone is 8. The molecule has 0 aromatic heterocycles. The van der Waals surface area contributed by atoms with Crippen LogP contribution >= 0.6 is 0 Å². The maximum Gasteiger partial charge on any atom is -0.0201 e. The molecule has 0 amide bonds. The lowest BCUT2D eigenvalue weighted by atomic mass is 9.85. The molecule has 0 aromatic carbocycles. The van der Waals surface area contributed by atoms with Crippen LogP contribution in [0.25, 0.3) is 0 Å². The van der Waals surface area contributed by atoms with Crippen LogP contribution in [-0.2, 0) is 0 Å². The van der Waals surface area contributed by atoms with E-state index in [1.807, 2.05) is 6.08 Å². The van der Waals surface area contributed by atoms with E-state index in [1.54, 1.807) is 0 Å². The molecule has 0 heteroatoms. The molecule has 0 aromatic rings. The van der Waals surface area contributed by atoms with Gasteiger partial charge in [-0.2, -0.15) is 0 Å². The second kappa shape index (κ2) is 5.16. The van der Waals surface area contributed by atoms with Crippen molar-refractivity contribution in [3.8, 4) is 0 Å². The summed E-state index contributed by atoms with van der Waals surface area (Å²) in [5.74, 6) is 0.654. The number of hydrogen-bond acceptors (Lipinski definition) is 0. The zero-order valence-corrected chi connectivity index (χ0v) is 10.9. The third-order valence-electron chi connectivity index (χ3n) is 3.35. The summed E-state index contributed by atoms with van der Waals surface area (Å²) in [6.45, 7) is 16.7. The Kier molecular flexibility index (Phi) is 4.12. The zero-order chi connectivity index (χ0) is 12.3. The molecule has 0 aliphatic heterocycles. The Labute approximate surface area is 99.8 Å². The van der Waals surface area contributed by atoms with Crippen LogP contribution in [0.2, 0.25) is 0 Å². The van der Waals surface area contributed by atoms with Crippen LogP contribution in [0, 0.1) is 5.92 Å². The molecule has 16 heavy (non-hydrogen) atoms. The van der Waals surface area contributed by atoms with Crippen LogP contribution in [0.3, 0.4) is 0 Å². The molecule has 1 rings (SSSR count). The van der Waals surface area contributed by atoms with E-state index in [9.17, 15) is 0 Å². The topological polar surface area (TPSA) is 0 Å². The van der Waals surface area contributed by atoms with Gasteiger partial charge in [-0.25, -0.2) is 0 Å². The van der Waals surface area contributed by atoms with Crippen LogP contribution in [0.5, 0.6) is 0 Å². The van der Waals surface area contributed by atoms with Crippen molar-refractivity contribution in [1.29, 1.82) is 0 Å². The van der Waals surface area contributed by atoms with Crippen LogP contribution in [0.4, 0.5) is 0 Å². The minimum absolute atomic E-state index is 0.654. The molecular weight excluding hydrogens is 192 g/mol. The van der Waals surface area contributed by atoms with Crippen molar-refractivity contribution in [2.75, 3.05) is 0 Å². The molecule has 0 heterocycles. The fraction of sp³-hybridized carbons (Fsp3) is 0.375. The molecule has 0 radical (unpaired) electrons. The molecule has 86 valence electrons. The minimum Gasteiger partial charge on any atom is -0.0988 e. The van der Waals surface area contributed by atoms with Gasteiger partial charge in [-0.3, -0.25) is 0 Å². The van der Waals surface area contributed by atoms with Crippen molar-refractivity contribution in [3.63, 3.8) is 0 Å². The molecule has 0 bridgehead atoms. The van der Waals surface area contributed by atoms with Gasteiger partial charge in [0.2, 0.25) is 0 Å². The zero-order valence-electron chi connectivity index (χ0n) is 10.9. The van der Waals surface area contributed by atoms with Gasteiger partial charge < -0.3 is 0 Å². The quantitative estimate of drug-likeness (QED) is 0.581. The Morgan fingerprint density at radius 3 is 2.56 bits per heavy atom. The van der Waals surface area contributed by atoms with E-state index in [2.05, 4.69) is 53.0 Å². The van der Waals surface area contributed by atoms with Gasteiger partial charge in [0.25, 0.3) is 0 Å². The first-order chi connectivity index (χ1) is 7.47. The average Bonchev–Trinajstić information content (AvgIpc) is 2.26.